The Morgan fingerprint density at radius 1 is 1.21 bits per heavy atom. The highest BCUT2D eigenvalue weighted by Gasteiger charge is 2.12. The molecule has 100 valence electrons. The molecule has 1 aromatic carbocycles. The number of rotatable bonds is 3. The molecule has 1 aromatic heterocycles. The summed E-state index contributed by atoms with van der Waals surface area (Å²) in [6, 6.07) is 4.32. The third-order valence-corrected chi connectivity index (χ3v) is 2.62. The number of nitrogens with zero attached hydrogens (tertiary/aromatic N) is 2. The van der Waals surface area contributed by atoms with Gasteiger partial charge in [0.2, 0.25) is 5.95 Å². The summed E-state index contributed by atoms with van der Waals surface area (Å²) >= 11 is 0. The van der Waals surface area contributed by atoms with Crippen LogP contribution < -0.4 is 16.2 Å². The molecule has 2 rings (SSSR count). The lowest BCUT2D eigenvalue weighted by Gasteiger charge is -2.14. The Kier molecular flexibility index (Phi) is 3.50. The molecule has 0 saturated heterocycles. The van der Waals surface area contributed by atoms with Crippen LogP contribution in [0.25, 0.3) is 0 Å². The smallest absolute Gasteiger partial charge is 0.222 e. The highest BCUT2D eigenvalue weighted by molar-refractivity contribution is 5.50. The Morgan fingerprint density at radius 3 is 2.58 bits per heavy atom. The largest absolute Gasteiger partial charge is 0.452 e. The quantitative estimate of drug-likeness (QED) is 0.888. The average molecular weight is 262 g/mol. The summed E-state index contributed by atoms with van der Waals surface area (Å²) in [5.41, 5.74) is 11.9. The molecule has 0 atom stereocenters. The Balaban J connectivity index is 2.38. The fourth-order valence-corrected chi connectivity index (χ4v) is 1.66. The maximum Gasteiger partial charge on any atom is 0.222 e. The van der Waals surface area contributed by atoms with E-state index in [0.29, 0.717) is 11.5 Å². The van der Waals surface area contributed by atoms with E-state index in [1.165, 1.54) is 18.3 Å². The third kappa shape index (κ3) is 2.90. The molecule has 0 aliphatic heterocycles. The molecule has 0 radical (unpaired) electrons. The number of nitrogens with two attached hydrogens (primary N) is 2. The molecular weight excluding hydrogens is 247 g/mol. The first-order chi connectivity index (χ1) is 8.97. The molecule has 0 unspecified atom stereocenters. The van der Waals surface area contributed by atoms with Crippen LogP contribution in [0.1, 0.15) is 25.3 Å². The van der Waals surface area contributed by atoms with E-state index >= 15 is 0 Å². The van der Waals surface area contributed by atoms with Gasteiger partial charge in [0.15, 0.2) is 11.6 Å². The molecule has 0 spiro atoms. The van der Waals surface area contributed by atoms with Gasteiger partial charge in [-0.2, -0.15) is 4.98 Å². The van der Waals surface area contributed by atoms with Crippen LogP contribution in [-0.2, 0) is 0 Å². The minimum atomic E-state index is -0.308. The number of aromatic nitrogens is 2. The van der Waals surface area contributed by atoms with Crippen LogP contribution in [-0.4, -0.2) is 9.97 Å². The molecule has 2 aromatic rings. The number of nitrogen functional groups attached to an aromatic ring is 2. The van der Waals surface area contributed by atoms with Crippen LogP contribution in [0.3, 0.4) is 0 Å². The molecule has 0 saturated carbocycles. The van der Waals surface area contributed by atoms with Crippen LogP contribution in [0.5, 0.6) is 11.5 Å². The average Bonchev–Trinajstić information content (AvgIpc) is 2.34. The Morgan fingerprint density at radius 2 is 1.95 bits per heavy atom. The molecule has 5 nitrogen and oxygen atoms in total. The Hall–Kier alpha value is -2.37. The van der Waals surface area contributed by atoms with Crippen molar-refractivity contribution in [2.45, 2.75) is 19.8 Å². The third-order valence-electron chi connectivity index (χ3n) is 2.62. The highest BCUT2D eigenvalue weighted by atomic mass is 19.1. The van der Waals surface area contributed by atoms with Crippen LogP contribution in [0, 0.1) is 5.82 Å². The number of halogens is 1. The molecule has 0 amide bonds. The van der Waals surface area contributed by atoms with Crippen molar-refractivity contribution >= 4 is 11.8 Å². The summed E-state index contributed by atoms with van der Waals surface area (Å²) in [7, 11) is 0. The summed E-state index contributed by atoms with van der Waals surface area (Å²) < 4.78 is 18.9. The lowest BCUT2D eigenvalue weighted by atomic mass is 10.0. The van der Waals surface area contributed by atoms with Gasteiger partial charge in [0.25, 0.3) is 0 Å². The van der Waals surface area contributed by atoms with Crippen molar-refractivity contribution in [3.63, 3.8) is 0 Å². The predicted molar refractivity (Wildman–Crippen MR) is 71.4 cm³/mol. The number of benzene rings is 1. The zero-order valence-corrected chi connectivity index (χ0v) is 10.7. The second-order valence-corrected chi connectivity index (χ2v) is 4.42. The van der Waals surface area contributed by atoms with Gasteiger partial charge in [-0.15, -0.1) is 0 Å². The summed E-state index contributed by atoms with van der Waals surface area (Å²) in [4.78, 5) is 7.62. The van der Waals surface area contributed by atoms with Crippen molar-refractivity contribution in [1.29, 1.82) is 0 Å². The second-order valence-electron chi connectivity index (χ2n) is 4.42. The van der Waals surface area contributed by atoms with Crippen molar-refractivity contribution in [1.82, 2.24) is 9.97 Å². The fraction of sp³-hybridized carbons (Fsp3) is 0.231. The number of ether oxygens (including phenoxy) is 1. The zero-order chi connectivity index (χ0) is 14.0. The molecule has 0 fully saturated rings. The van der Waals surface area contributed by atoms with E-state index in [4.69, 9.17) is 16.2 Å². The van der Waals surface area contributed by atoms with Gasteiger partial charge < -0.3 is 16.2 Å². The van der Waals surface area contributed by atoms with Gasteiger partial charge in [-0.05, 0) is 24.1 Å². The minimum absolute atomic E-state index is 0.0769. The normalized spacial score (nSPS) is 10.7. The predicted octanol–water partition coefficient (Wildman–Crippen LogP) is 2.70. The monoisotopic (exact) mass is 262 g/mol. The van der Waals surface area contributed by atoms with Gasteiger partial charge in [0.05, 0.1) is 6.20 Å². The lowest BCUT2D eigenvalue weighted by Crippen LogP contribution is -2.02. The minimum Gasteiger partial charge on any atom is -0.452 e. The molecule has 1 heterocycles. The van der Waals surface area contributed by atoms with Crippen LogP contribution in [0.15, 0.2) is 24.4 Å². The van der Waals surface area contributed by atoms with E-state index in [2.05, 4.69) is 9.97 Å². The molecule has 6 heteroatoms. The van der Waals surface area contributed by atoms with Gasteiger partial charge in [0, 0.05) is 5.56 Å². The molecular formula is C13H15FN4O. The van der Waals surface area contributed by atoms with E-state index < -0.39 is 0 Å². The Bertz CT molecular complexity index is 601. The first kappa shape index (κ1) is 13.1. The number of hydrogen-bond donors (Lipinski definition) is 2. The van der Waals surface area contributed by atoms with Gasteiger partial charge in [0.1, 0.15) is 11.6 Å². The fourth-order valence-electron chi connectivity index (χ4n) is 1.66. The van der Waals surface area contributed by atoms with E-state index in [-0.39, 0.29) is 23.5 Å². The molecule has 0 bridgehead atoms. The molecule has 0 aliphatic rings. The van der Waals surface area contributed by atoms with E-state index in [1.807, 2.05) is 13.8 Å². The highest BCUT2D eigenvalue weighted by Crippen LogP contribution is 2.32. The number of hydrogen-bond acceptors (Lipinski definition) is 5. The van der Waals surface area contributed by atoms with E-state index in [0.717, 1.165) is 5.56 Å². The van der Waals surface area contributed by atoms with Crippen molar-refractivity contribution in [2.24, 2.45) is 0 Å². The van der Waals surface area contributed by atoms with Crippen LogP contribution in [0.4, 0.5) is 16.2 Å². The van der Waals surface area contributed by atoms with Crippen LogP contribution >= 0.6 is 0 Å². The molecule has 0 aliphatic carbocycles. The van der Waals surface area contributed by atoms with Crippen molar-refractivity contribution in [3.8, 4) is 11.5 Å². The summed E-state index contributed by atoms with van der Waals surface area (Å²) in [5, 5.41) is 0. The van der Waals surface area contributed by atoms with Crippen molar-refractivity contribution < 1.29 is 9.13 Å². The van der Waals surface area contributed by atoms with E-state index in [1.54, 1.807) is 6.07 Å². The van der Waals surface area contributed by atoms with Crippen LogP contribution in [0.2, 0.25) is 0 Å². The lowest BCUT2D eigenvalue weighted by molar-refractivity contribution is 0.468. The van der Waals surface area contributed by atoms with Gasteiger partial charge in [-0.3, -0.25) is 0 Å². The SMILES string of the molecule is CC(C)c1cc(F)ccc1Oc1cnc(N)nc1N. The summed E-state index contributed by atoms with van der Waals surface area (Å²) in [6.07, 6.45) is 1.39. The first-order valence-electron chi connectivity index (χ1n) is 5.82. The zero-order valence-electron chi connectivity index (χ0n) is 10.7. The summed E-state index contributed by atoms with van der Waals surface area (Å²) in [5.74, 6) is 0.845. The van der Waals surface area contributed by atoms with E-state index in [9.17, 15) is 4.39 Å². The second kappa shape index (κ2) is 5.09. The molecule has 4 N–H and O–H groups in total. The Labute approximate surface area is 110 Å². The number of anilines is 2. The maximum absolute atomic E-state index is 13.3. The van der Waals surface area contributed by atoms with Gasteiger partial charge in [-0.1, -0.05) is 13.8 Å². The summed E-state index contributed by atoms with van der Waals surface area (Å²) in [6.45, 7) is 3.90. The van der Waals surface area contributed by atoms with Gasteiger partial charge in [-0.25, -0.2) is 9.37 Å². The maximum atomic E-state index is 13.3. The standard InChI is InChI=1S/C13H15FN4O/c1-7(2)9-5-8(14)3-4-10(9)19-11-6-17-13(16)18-12(11)15/h3-7H,1-2H3,(H4,15,16,17,18). The van der Waals surface area contributed by atoms with Crippen molar-refractivity contribution in [2.75, 3.05) is 11.5 Å². The van der Waals surface area contributed by atoms with Crippen molar-refractivity contribution in [3.05, 3.63) is 35.8 Å². The topological polar surface area (TPSA) is 87.0 Å². The van der Waals surface area contributed by atoms with Gasteiger partial charge >= 0.3 is 0 Å². The first-order valence-corrected chi connectivity index (χ1v) is 5.82. The molecule has 19 heavy (non-hydrogen) atoms.